The third-order valence-electron chi connectivity index (χ3n) is 3.04. The van der Waals surface area contributed by atoms with Crippen LogP contribution in [0.3, 0.4) is 0 Å². The van der Waals surface area contributed by atoms with Crippen molar-refractivity contribution < 1.29 is 9.47 Å². The van der Waals surface area contributed by atoms with Gasteiger partial charge >= 0.3 is 0 Å². The maximum atomic E-state index is 7.62. The van der Waals surface area contributed by atoms with E-state index in [9.17, 15) is 0 Å². The van der Waals surface area contributed by atoms with E-state index in [1.54, 1.807) is 25.3 Å². The first-order valence-corrected chi connectivity index (χ1v) is 6.29. The molecule has 104 valence electrons. The summed E-state index contributed by atoms with van der Waals surface area (Å²) in [5.41, 5.74) is 8.27. The molecule has 4 heteroatoms. The lowest BCUT2D eigenvalue weighted by Gasteiger charge is -2.14. The topological polar surface area (TPSA) is 68.3 Å². The van der Waals surface area contributed by atoms with Gasteiger partial charge in [0.25, 0.3) is 0 Å². The largest absolute Gasteiger partial charge is 0.497 e. The molecule has 0 aliphatic heterocycles. The van der Waals surface area contributed by atoms with Gasteiger partial charge in [0.15, 0.2) is 0 Å². The molecular formula is C16H18N2O2. The number of hydrogen-bond donors (Lipinski definition) is 2. The second kappa shape index (κ2) is 5.65. The van der Waals surface area contributed by atoms with Crippen molar-refractivity contribution >= 4 is 5.84 Å². The molecule has 0 aliphatic rings. The van der Waals surface area contributed by atoms with Gasteiger partial charge in [-0.05, 0) is 43.2 Å². The van der Waals surface area contributed by atoms with E-state index in [-0.39, 0.29) is 5.84 Å². The summed E-state index contributed by atoms with van der Waals surface area (Å²) in [6.07, 6.45) is 0. The molecule has 2 aromatic carbocycles. The van der Waals surface area contributed by atoms with Crippen LogP contribution >= 0.6 is 0 Å². The summed E-state index contributed by atoms with van der Waals surface area (Å²) < 4.78 is 11.1. The lowest BCUT2D eigenvalue weighted by Crippen LogP contribution is -2.12. The van der Waals surface area contributed by atoms with Crippen molar-refractivity contribution in [1.82, 2.24) is 0 Å². The number of benzene rings is 2. The SMILES string of the molecule is COc1ccc(C(=N)N)c(Oc2cc(C)ccc2C)c1. The molecule has 0 heterocycles. The van der Waals surface area contributed by atoms with E-state index in [0.29, 0.717) is 17.1 Å². The number of aryl methyl sites for hydroxylation is 2. The number of amidine groups is 1. The molecule has 0 radical (unpaired) electrons. The zero-order valence-corrected chi connectivity index (χ0v) is 11.9. The highest BCUT2D eigenvalue weighted by Gasteiger charge is 2.11. The molecule has 0 aliphatic carbocycles. The van der Waals surface area contributed by atoms with Crippen LogP contribution in [-0.2, 0) is 0 Å². The summed E-state index contributed by atoms with van der Waals surface area (Å²) >= 11 is 0. The van der Waals surface area contributed by atoms with Gasteiger partial charge in [-0.3, -0.25) is 5.41 Å². The maximum Gasteiger partial charge on any atom is 0.142 e. The fourth-order valence-electron chi connectivity index (χ4n) is 1.87. The Morgan fingerprint density at radius 3 is 2.45 bits per heavy atom. The second-order valence-electron chi connectivity index (χ2n) is 4.65. The predicted octanol–water partition coefficient (Wildman–Crippen LogP) is 3.39. The summed E-state index contributed by atoms with van der Waals surface area (Å²) in [4.78, 5) is 0. The van der Waals surface area contributed by atoms with E-state index in [4.69, 9.17) is 20.6 Å². The van der Waals surface area contributed by atoms with Crippen molar-refractivity contribution in [2.45, 2.75) is 13.8 Å². The van der Waals surface area contributed by atoms with E-state index in [1.165, 1.54) is 0 Å². The Hall–Kier alpha value is -2.49. The first-order chi connectivity index (χ1) is 9.51. The van der Waals surface area contributed by atoms with Gasteiger partial charge < -0.3 is 15.2 Å². The summed E-state index contributed by atoms with van der Waals surface area (Å²) in [7, 11) is 1.59. The molecule has 2 rings (SSSR count). The van der Waals surface area contributed by atoms with Crippen LogP contribution in [0, 0.1) is 19.3 Å². The highest BCUT2D eigenvalue weighted by atomic mass is 16.5. The number of nitrogens with two attached hydrogens (primary N) is 1. The molecule has 20 heavy (non-hydrogen) atoms. The first-order valence-electron chi connectivity index (χ1n) is 6.29. The predicted molar refractivity (Wildman–Crippen MR) is 80.0 cm³/mol. The minimum Gasteiger partial charge on any atom is -0.497 e. The fourth-order valence-corrected chi connectivity index (χ4v) is 1.87. The Kier molecular flexibility index (Phi) is 3.94. The lowest BCUT2D eigenvalue weighted by atomic mass is 10.1. The van der Waals surface area contributed by atoms with Crippen LogP contribution in [0.2, 0.25) is 0 Å². The van der Waals surface area contributed by atoms with E-state index < -0.39 is 0 Å². The van der Waals surface area contributed by atoms with Gasteiger partial charge in [0, 0.05) is 6.07 Å². The average molecular weight is 270 g/mol. The van der Waals surface area contributed by atoms with Gasteiger partial charge in [-0.1, -0.05) is 12.1 Å². The molecule has 0 atom stereocenters. The molecule has 0 aromatic heterocycles. The van der Waals surface area contributed by atoms with Crippen LogP contribution < -0.4 is 15.2 Å². The molecule has 0 unspecified atom stereocenters. The molecular weight excluding hydrogens is 252 g/mol. The van der Waals surface area contributed by atoms with Crippen molar-refractivity contribution in [3.8, 4) is 17.2 Å². The van der Waals surface area contributed by atoms with Crippen molar-refractivity contribution in [2.75, 3.05) is 7.11 Å². The first kappa shape index (κ1) is 13.9. The Morgan fingerprint density at radius 2 is 1.80 bits per heavy atom. The minimum absolute atomic E-state index is 0.0343. The van der Waals surface area contributed by atoms with Crippen molar-refractivity contribution in [2.24, 2.45) is 5.73 Å². The molecule has 0 saturated heterocycles. The standard InChI is InChI=1S/C16H18N2O2/c1-10-4-5-11(2)14(8-10)20-15-9-12(19-3)6-7-13(15)16(17)18/h4-9H,1-3H3,(H3,17,18). The Labute approximate surface area is 118 Å². The number of hydrogen-bond acceptors (Lipinski definition) is 3. The van der Waals surface area contributed by atoms with E-state index in [1.807, 2.05) is 32.0 Å². The molecule has 0 bridgehead atoms. The zero-order chi connectivity index (χ0) is 14.7. The number of methoxy groups -OCH3 is 1. The zero-order valence-electron chi connectivity index (χ0n) is 11.9. The molecule has 0 saturated carbocycles. The molecule has 3 N–H and O–H groups in total. The van der Waals surface area contributed by atoms with E-state index in [2.05, 4.69) is 0 Å². The van der Waals surface area contributed by atoms with Gasteiger partial charge in [-0.25, -0.2) is 0 Å². The summed E-state index contributed by atoms with van der Waals surface area (Å²) in [5, 5.41) is 7.62. The van der Waals surface area contributed by atoms with Crippen molar-refractivity contribution in [3.63, 3.8) is 0 Å². The number of nitrogen functional groups attached to an aromatic ring is 1. The third kappa shape index (κ3) is 2.91. The van der Waals surface area contributed by atoms with E-state index >= 15 is 0 Å². The van der Waals surface area contributed by atoms with Gasteiger partial charge in [0.05, 0.1) is 12.7 Å². The minimum atomic E-state index is -0.0343. The van der Waals surface area contributed by atoms with Crippen LogP contribution in [0.15, 0.2) is 36.4 Å². The fraction of sp³-hybridized carbons (Fsp3) is 0.188. The normalized spacial score (nSPS) is 10.2. The van der Waals surface area contributed by atoms with Gasteiger partial charge in [0.2, 0.25) is 0 Å². The summed E-state index contributed by atoms with van der Waals surface area (Å²) in [6.45, 7) is 3.98. The lowest BCUT2D eigenvalue weighted by molar-refractivity contribution is 0.408. The Bertz CT molecular complexity index is 651. The van der Waals surface area contributed by atoms with Gasteiger partial charge in [-0.15, -0.1) is 0 Å². The molecule has 0 spiro atoms. The highest BCUT2D eigenvalue weighted by molar-refractivity contribution is 5.97. The van der Waals surface area contributed by atoms with Crippen LogP contribution in [-0.4, -0.2) is 12.9 Å². The summed E-state index contributed by atoms with van der Waals surface area (Å²) in [5.74, 6) is 1.90. The van der Waals surface area contributed by atoms with Crippen molar-refractivity contribution in [1.29, 1.82) is 5.41 Å². The molecule has 0 fully saturated rings. The quantitative estimate of drug-likeness (QED) is 0.661. The van der Waals surface area contributed by atoms with Crippen LogP contribution in [0.25, 0.3) is 0 Å². The Balaban J connectivity index is 2.45. The maximum absolute atomic E-state index is 7.62. The number of nitrogens with one attached hydrogen (secondary N) is 1. The van der Waals surface area contributed by atoms with Gasteiger partial charge in [-0.2, -0.15) is 0 Å². The monoisotopic (exact) mass is 270 g/mol. The molecule has 0 amide bonds. The average Bonchev–Trinajstić information content (AvgIpc) is 2.42. The van der Waals surface area contributed by atoms with Crippen LogP contribution in [0.4, 0.5) is 0 Å². The second-order valence-corrected chi connectivity index (χ2v) is 4.65. The molecule has 4 nitrogen and oxygen atoms in total. The smallest absolute Gasteiger partial charge is 0.142 e. The number of rotatable bonds is 4. The van der Waals surface area contributed by atoms with Crippen LogP contribution in [0.1, 0.15) is 16.7 Å². The van der Waals surface area contributed by atoms with Crippen LogP contribution in [0.5, 0.6) is 17.2 Å². The van der Waals surface area contributed by atoms with Gasteiger partial charge in [0.1, 0.15) is 23.1 Å². The van der Waals surface area contributed by atoms with E-state index in [0.717, 1.165) is 16.9 Å². The Morgan fingerprint density at radius 1 is 1.05 bits per heavy atom. The summed E-state index contributed by atoms with van der Waals surface area (Å²) in [6, 6.07) is 11.2. The third-order valence-corrected chi connectivity index (χ3v) is 3.04. The van der Waals surface area contributed by atoms with Crippen molar-refractivity contribution in [3.05, 3.63) is 53.1 Å². The highest BCUT2D eigenvalue weighted by Crippen LogP contribution is 2.31. The molecule has 2 aromatic rings. The number of ether oxygens (including phenoxy) is 2.